The maximum absolute atomic E-state index is 11.8. The van der Waals surface area contributed by atoms with Crippen molar-refractivity contribution in [3.05, 3.63) is 18.1 Å². The molecule has 1 aromatic rings. The first-order valence-corrected chi connectivity index (χ1v) is 5.94. The molecule has 92 valence electrons. The van der Waals surface area contributed by atoms with Crippen molar-refractivity contribution in [1.82, 2.24) is 9.97 Å². The van der Waals surface area contributed by atoms with E-state index in [-0.39, 0.29) is 17.6 Å². The van der Waals surface area contributed by atoms with Crippen LogP contribution in [0.3, 0.4) is 0 Å². The number of nitrogen functional groups attached to an aromatic ring is 1. The predicted molar refractivity (Wildman–Crippen MR) is 63.3 cm³/mol. The highest BCUT2D eigenvalue weighted by molar-refractivity contribution is 5.91. The zero-order valence-corrected chi connectivity index (χ0v) is 9.93. The third kappa shape index (κ3) is 2.93. The van der Waals surface area contributed by atoms with E-state index in [4.69, 9.17) is 10.5 Å². The highest BCUT2D eigenvalue weighted by Crippen LogP contribution is 2.26. The molecule has 0 aromatic carbocycles. The molecule has 0 spiro atoms. The summed E-state index contributed by atoms with van der Waals surface area (Å²) in [6.45, 7) is 2.18. The smallest absolute Gasteiger partial charge is 0.361 e. The summed E-state index contributed by atoms with van der Waals surface area (Å²) in [6.07, 6.45) is 7.05. The van der Waals surface area contributed by atoms with Crippen LogP contribution in [0.5, 0.6) is 0 Å². The van der Waals surface area contributed by atoms with Crippen LogP contribution < -0.4 is 5.73 Å². The maximum atomic E-state index is 11.8. The summed E-state index contributed by atoms with van der Waals surface area (Å²) in [5.41, 5.74) is 5.70. The van der Waals surface area contributed by atoms with Crippen molar-refractivity contribution in [3.63, 3.8) is 0 Å². The molecule has 1 heterocycles. The zero-order chi connectivity index (χ0) is 12.3. The van der Waals surface area contributed by atoms with Gasteiger partial charge in [0.25, 0.3) is 0 Å². The Morgan fingerprint density at radius 2 is 2.18 bits per heavy atom. The van der Waals surface area contributed by atoms with Gasteiger partial charge in [-0.2, -0.15) is 0 Å². The van der Waals surface area contributed by atoms with Crippen LogP contribution in [-0.2, 0) is 4.74 Å². The quantitative estimate of drug-likeness (QED) is 0.791. The predicted octanol–water partition coefficient (Wildman–Crippen LogP) is 1.79. The second-order valence-electron chi connectivity index (χ2n) is 4.59. The monoisotopic (exact) mass is 235 g/mol. The first kappa shape index (κ1) is 11.8. The number of esters is 1. The van der Waals surface area contributed by atoms with E-state index in [0.717, 1.165) is 19.3 Å². The molecule has 0 radical (unpaired) electrons. The van der Waals surface area contributed by atoms with Gasteiger partial charge in [-0.1, -0.05) is 13.3 Å². The van der Waals surface area contributed by atoms with Gasteiger partial charge in [-0.05, 0) is 25.2 Å². The van der Waals surface area contributed by atoms with Crippen molar-refractivity contribution in [2.24, 2.45) is 5.92 Å². The first-order valence-electron chi connectivity index (χ1n) is 5.94. The number of anilines is 1. The van der Waals surface area contributed by atoms with Crippen molar-refractivity contribution in [3.8, 4) is 0 Å². The molecule has 0 saturated heterocycles. The zero-order valence-electron chi connectivity index (χ0n) is 9.93. The molecule has 5 nitrogen and oxygen atoms in total. The Hall–Kier alpha value is -1.65. The Morgan fingerprint density at radius 1 is 1.41 bits per heavy atom. The lowest BCUT2D eigenvalue weighted by molar-refractivity contribution is 0.0149. The van der Waals surface area contributed by atoms with Gasteiger partial charge in [-0.25, -0.2) is 14.8 Å². The first-order chi connectivity index (χ1) is 8.16. The summed E-state index contributed by atoms with van der Waals surface area (Å²) in [5, 5.41) is 0. The fourth-order valence-electron chi connectivity index (χ4n) is 2.20. The van der Waals surface area contributed by atoms with Gasteiger partial charge < -0.3 is 10.5 Å². The van der Waals surface area contributed by atoms with E-state index in [2.05, 4.69) is 16.9 Å². The van der Waals surface area contributed by atoms with Gasteiger partial charge in [0.05, 0.1) is 0 Å². The van der Waals surface area contributed by atoms with Crippen LogP contribution in [0.4, 0.5) is 5.82 Å². The van der Waals surface area contributed by atoms with E-state index in [1.807, 2.05) is 0 Å². The average Bonchev–Trinajstić information content (AvgIpc) is 2.29. The minimum Gasteiger partial charge on any atom is -0.458 e. The van der Waals surface area contributed by atoms with Gasteiger partial charge in [0.2, 0.25) is 0 Å². The van der Waals surface area contributed by atoms with Crippen molar-refractivity contribution in [2.45, 2.75) is 38.7 Å². The molecule has 5 heteroatoms. The highest BCUT2D eigenvalue weighted by Gasteiger charge is 2.24. The van der Waals surface area contributed by atoms with Crippen LogP contribution in [-0.4, -0.2) is 22.0 Å². The van der Waals surface area contributed by atoms with Gasteiger partial charge in [0, 0.05) is 12.4 Å². The van der Waals surface area contributed by atoms with E-state index in [1.165, 1.54) is 18.8 Å². The molecule has 1 fully saturated rings. The molecule has 0 bridgehead atoms. The third-order valence-electron chi connectivity index (χ3n) is 3.08. The highest BCUT2D eigenvalue weighted by atomic mass is 16.5. The topological polar surface area (TPSA) is 78.1 Å². The minimum absolute atomic E-state index is 0.00680. The summed E-state index contributed by atoms with van der Waals surface area (Å²) in [5.74, 6) is 0.275. The Labute approximate surface area is 100 Å². The molecular weight excluding hydrogens is 218 g/mol. The lowest BCUT2D eigenvalue weighted by Gasteiger charge is -2.26. The number of hydrogen-bond donors (Lipinski definition) is 1. The molecular formula is C12H17N3O2. The SMILES string of the molecule is CC1CCCC(OC(=O)c2nccnc2N)C1. The Morgan fingerprint density at radius 3 is 2.88 bits per heavy atom. The second-order valence-corrected chi connectivity index (χ2v) is 4.59. The third-order valence-corrected chi connectivity index (χ3v) is 3.08. The number of aromatic nitrogens is 2. The molecule has 1 aromatic heterocycles. The van der Waals surface area contributed by atoms with E-state index in [1.54, 1.807) is 0 Å². The molecule has 1 aliphatic carbocycles. The number of ether oxygens (including phenoxy) is 1. The van der Waals surface area contributed by atoms with Crippen LogP contribution in [0.25, 0.3) is 0 Å². The molecule has 1 aliphatic rings. The Balaban J connectivity index is 1.99. The fraction of sp³-hybridized carbons (Fsp3) is 0.583. The lowest BCUT2D eigenvalue weighted by Crippen LogP contribution is -2.25. The lowest BCUT2D eigenvalue weighted by atomic mass is 9.89. The maximum Gasteiger partial charge on any atom is 0.361 e. The number of hydrogen-bond acceptors (Lipinski definition) is 5. The minimum atomic E-state index is -0.463. The largest absolute Gasteiger partial charge is 0.458 e. The second kappa shape index (κ2) is 5.12. The summed E-state index contributed by atoms with van der Waals surface area (Å²) in [6, 6.07) is 0. The number of rotatable bonds is 2. The van der Waals surface area contributed by atoms with Crippen LogP contribution in [0.1, 0.15) is 43.1 Å². The van der Waals surface area contributed by atoms with Gasteiger partial charge in [0.15, 0.2) is 11.5 Å². The number of carbonyl (C=O) groups excluding carboxylic acids is 1. The Kier molecular flexibility index (Phi) is 3.56. The average molecular weight is 235 g/mol. The number of carbonyl (C=O) groups is 1. The van der Waals surface area contributed by atoms with E-state index >= 15 is 0 Å². The van der Waals surface area contributed by atoms with Gasteiger partial charge in [-0.15, -0.1) is 0 Å². The summed E-state index contributed by atoms with van der Waals surface area (Å²) in [7, 11) is 0. The van der Waals surface area contributed by atoms with Crippen molar-refractivity contribution >= 4 is 11.8 Å². The number of nitrogens with two attached hydrogens (primary N) is 1. The summed E-state index contributed by atoms with van der Waals surface area (Å²) < 4.78 is 5.41. The molecule has 1 saturated carbocycles. The van der Waals surface area contributed by atoms with Gasteiger partial charge in [0.1, 0.15) is 6.10 Å². The molecule has 0 aliphatic heterocycles. The van der Waals surface area contributed by atoms with Crippen LogP contribution in [0.2, 0.25) is 0 Å². The number of nitrogens with zero attached hydrogens (tertiary/aromatic N) is 2. The van der Waals surface area contributed by atoms with Crippen molar-refractivity contribution in [1.29, 1.82) is 0 Å². The molecule has 2 rings (SSSR count). The summed E-state index contributed by atoms with van der Waals surface area (Å²) in [4.78, 5) is 19.6. The van der Waals surface area contributed by atoms with E-state index < -0.39 is 5.97 Å². The molecule has 0 amide bonds. The van der Waals surface area contributed by atoms with Crippen LogP contribution >= 0.6 is 0 Å². The molecule has 2 N–H and O–H groups in total. The van der Waals surface area contributed by atoms with Crippen molar-refractivity contribution in [2.75, 3.05) is 5.73 Å². The molecule has 2 atom stereocenters. The van der Waals surface area contributed by atoms with Crippen LogP contribution in [0, 0.1) is 5.92 Å². The Bertz CT molecular complexity index is 408. The van der Waals surface area contributed by atoms with E-state index in [9.17, 15) is 4.79 Å². The molecule has 2 unspecified atom stereocenters. The standard InChI is InChI=1S/C12H17N3O2/c1-8-3-2-4-9(7-8)17-12(16)10-11(13)15-6-5-14-10/h5-6,8-9H,2-4,7H2,1H3,(H2,13,15). The fourth-order valence-corrected chi connectivity index (χ4v) is 2.20. The summed E-state index contributed by atoms with van der Waals surface area (Å²) >= 11 is 0. The normalized spacial score (nSPS) is 24.3. The van der Waals surface area contributed by atoms with Gasteiger partial charge in [-0.3, -0.25) is 0 Å². The molecule has 17 heavy (non-hydrogen) atoms. The van der Waals surface area contributed by atoms with Gasteiger partial charge >= 0.3 is 5.97 Å². The van der Waals surface area contributed by atoms with Crippen molar-refractivity contribution < 1.29 is 9.53 Å². The van der Waals surface area contributed by atoms with E-state index in [0.29, 0.717) is 5.92 Å². The van der Waals surface area contributed by atoms with Crippen LogP contribution in [0.15, 0.2) is 12.4 Å².